The van der Waals surface area contributed by atoms with Gasteiger partial charge >= 0.3 is 0 Å². The van der Waals surface area contributed by atoms with Gasteiger partial charge in [-0.15, -0.1) is 0 Å². The average molecular weight is 370 g/mol. The van der Waals surface area contributed by atoms with Crippen LogP contribution in [-0.2, 0) is 10.0 Å². The lowest BCUT2D eigenvalue weighted by Gasteiger charge is -2.09. The van der Waals surface area contributed by atoms with Crippen LogP contribution < -0.4 is 4.72 Å². The van der Waals surface area contributed by atoms with E-state index in [1.165, 1.54) is 63.9 Å². The Morgan fingerprint density at radius 1 is 0.800 bits per heavy atom. The normalized spacial score (nSPS) is 11.6. The van der Waals surface area contributed by atoms with Crippen molar-refractivity contribution >= 4 is 15.7 Å². The lowest BCUT2D eigenvalue weighted by Crippen LogP contribution is -2.16. The molecule has 144 valence electrons. The predicted octanol–water partition coefficient (Wildman–Crippen LogP) is 5.84. The topological polar surface area (TPSA) is 66.4 Å². The van der Waals surface area contributed by atoms with Crippen LogP contribution in [-0.4, -0.2) is 19.3 Å². The van der Waals surface area contributed by atoms with Gasteiger partial charge in [-0.2, -0.15) is 0 Å². The van der Waals surface area contributed by atoms with Crippen molar-refractivity contribution in [1.82, 2.24) is 0 Å². The number of rotatable bonds is 15. The van der Waals surface area contributed by atoms with Gasteiger partial charge in [0.15, 0.2) is 0 Å². The predicted molar refractivity (Wildman–Crippen MR) is 107 cm³/mol. The van der Waals surface area contributed by atoms with Crippen LogP contribution in [0.25, 0.3) is 0 Å². The minimum Gasteiger partial charge on any atom is -0.506 e. The van der Waals surface area contributed by atoms with E-state index in [1.54, 1.807) is 18.2 Å². The van der Waals surface area contributed by atoms with Crippen molar-refractivity contribution in [3.8, 4) is 5.75 Å². The summed E-state index contributed by atoms with van der Waals surface area (Å²) in [7, 11) is -3.38. The SMILES string of the molecule is CCCCCCCCCCCCCCS(=O)(=O)Nc1ccccc1O. The Bertz CT molecular complexity index is 558. The second-order valence-corrected chi connectivity index (χ2v) is 8.67. The zero-order valence-corrected chi connectivity index (χ0v) is 16.5. The fourth-order valence-electron chi connectivity index (χ4n) is 2.91. The zero-order valence-electron chi connectivity index (χ0n) is 15.7. The molecule has 0 unspecified atom stereocenters. The summed E-state index contributed by atoms with van der Waals surface area (Å²) < 4.78 is 26.5. The first-order valence-electron chi connectivity index (χ1n) is 9.83. The van der Waals surface area contributed by atoms with Crippen molar-refractivity contribution in [2.75, 3.05) is 10.5 Å². The lowest BCUT2D eigenvalue weighted by atomic mass is 10.1. The van der Waals surface area contributed by atoms with Gasteiger partial charge in [0.25, 0.3) is 0 Å². The van der Waals surface area contributed by atoms with E-state index in [0.717, 1.165) is 12.8 Å². The molecule has 0 bridgehead atoms. The van der Waals surface area contributed by atoms with Gasteiger partial charge in [0.1, 0.15) is 5.75 Å². The quantitative estimate of drug-likeness (QED) is 0.302. The summed E-state index contributed by atoms with van der Waals surface area (Å²) >= 11 is 0. The van der Waals surface area contributed by atoms with Crippen LogP contribution in [0.3, 0.4) is 0 Å². The largest absolute Gasteiger partial charge is 0.506 e. The molecular weight excluding hydrogens is 334 g/mol. The van der Waals surface area contributed by atoms with Crippen LogP contribution in [0.4, 0.5) is 5.69 Å². The molecule has 0 aliphatic carbocycles. The van der Waals surface area contributed by atoms with E-state index < -0.39 is 10.0 Å². The van der Waals surface area contributed by atoms with Crippen LogP contribution in [0.1, 0.15) is 84.0 Å². The van der Waals surface area contributed by atoms with Crippen molar-refractivity contribution in [3.05, 3.63) is 24.3 Å². The summed E-state index contributed by atoms with van der Waals surface area (Å²) in [5, 5.41) is 9.62. The van der Waals surface area contributed by atoms with Crippen molar-refractivity contribution in [2.45, 2.75) is 84.0 Å². The number of aromatic hydroxyl groups is 1. The highest BCUT2D eigenvalue weighted by Crippen LogP contribution is 2.23. The van der Waals surface area contributed by atoms with E-state index in [4.69, 9.17) is 0 Å². The van der Waals surface area contributed by atoms with Crippen molar-refractivity contribution in [3.63, 3.8) is 0 Å². The fraction of sp³-hybridized carbons (Fsp3) is 0.700. The van der Waals surface area contributed by atoms with E-state index >= 15 is 0 Å². The number of hydrogen-bond donors (Lipinski definition) is 2. The number of hydrogen-bond acceptors (Lipinski definition) is 3. The molecule has 0 aliphatic heterocycles. The Morgan fingerprint density at radius 3 is 1.80 bits per heavy atom. The molecule has 0 saturated heterocycles. The second kappa shape index (κ2) is 13.0. The van der Waals surface area contributed by atoms with Crippen LogP contribution in [0.5, 0.6) is 5.75 Å². The maximum Gasteiger partial charge on any atom is 0.232 e. The molecule has 0 saturated carbocycles. The third-order valence-corrected chi connectivity index (χ3v) is 5.79. The van der Waals surface area contributed by atoms with Gasteiger partial charge in [0, 0.05) is 0 Å². The zero-order chi connectivity index (χ0) is 18.4. The molecule has 5 heteroatoms. The summed E-state index contributed by atoms with van der Waals surface area (Å²) in [6.45, 7) is 2.24. The minimum atomic E-state index is -3.38. The van der Waals surface area contributed by atoms with E-state index in [0.29, 0.717) is 6.42 Å². The summed E-state index contributed by atoms with van der Waals surface area (Å²) in [6, 6.07) is 6.40. The molecule has 2 N–H and O–H groups in total. The number of para-hydroxylation sites is 2. The van der Waals surface area contributed by atoms with Gasteiger partial charge in [-0.05, 0) is 18.6 Å². The number of unbranched alkanes of at least 4 members (excludes halogenated alkanes) is 11. The first-order valence-corrected chi connectivity index (χ1v) is 11.5. The molecular formula is C20H35NO3S. The summed E-state index contributed by atoms with van der Waals surface area (Å²) in [6.07, 6.45) is 14.6. The maximum atomic E-state index is 12.0. The molecule has 4 nitrogen and oxygen atoms in total. The fourth-order valence-corrected chi connectivity index (χ4v) is 4.11. The molecule has 0 spiro atoms. The summed E-state index contributed by atoms with van der Waals surface area (Å²) in [5.74, 6) is 0.0689. The van der Waals surface area contributed by atoms with E-state index in [9.17, 15) is 13.5 Å². The van der Waals surface area contributed by atoms with Gasteiger partial charge in [-0.25, -0.2) is 8.42 Å². The molecule has 25 heavy (non-hydrogen) atoms. The molecule has 1 aromatic carbocycles. The Hall–Kier alpha value is -1.23. The number of anilines is 1. The average Bonchev–Trinajstić information content (AvgIpc) is 2.58. The number of benzene rings is 1. The molecule has 1 rings (SSSR count). The van der Waals surface area contributed by atoms with Crippen LogP contribution in [0.2, 0.25) is 0 Å². The van der Waals surface area contributed by atoms with Crippen molar-refractivity contribution < 1.29 is 13.5 Å². The molecule has 0 atom stereocenters. The lowest BCUT2D eigenvalue weighted by molar-refractivity contribution is 0.477. The van der Waals surface area contributed by atoms with Crippen LogP contribution in [0.15, 0.2) is 24.3 Å². The Balaban J connectivity index is 2.01. The minimum absolute atomic E-state index is 0.0410. The molecule has 1 aromatic rings. The molecule has 0 fully saturated rings. The molecule has 0 amide bonds. The Kier molecular flexibility index (Phi) is 11.4. The van der Waals surface area contributed by atoms with Crippen molar-refractivity contribution in [2.24, 2.45) is 0 Å². The van der Waals surface area contributed by atoms with Crippen LogP contribution >= 0.6 is 0 Å². The highest BCUT2D eigenvalue weighted by Gasteiger charge is 2.11. The van der Waals surface area contributed by atoms with Gasteiger partial charge in [0.2, 0.25) is 10.0 Å². The smallest absolute Gasteiger partial charge is 0.232 e. The van der Waals surface area contributed by atoms with Gasteiger partial charge in [-0.1, -0.05) is 89.7 Å². The third-order valence-electron chi connectivity index (χ3n) is 4.44. The summed E-state index contributed by atoms with van der Waals surface area (Å²) in [4.78, 5) is 0. The van der Waals surface area contributed by atoms with E-state index in [2.05, 4.69) is 11.6 Å². The van der Waals surface area contributed by atoms with Crippen molar-refractivity contribution in [1.29, 1.82) is 0 Å². The summed E-state index contributed by atoms with van der Waals surface area (Å²) in [5.41, 5.74) is 0.251. The maximum absolute atomic E-state index is 12.0. The highest BCUT2D eigenvalue weighted by atomic mass is 32.2. The standard InChI is InChI=1S/C20H35NO3S/c1-2-3-4-5-6-7-8-9-10-11-12-15-18-25(23,24)21-19-16-13-14-17-20(19)22/h13-14,16-17,21-22H,2-12,15,18H2,1H3. The molecule has 0 aromatic heterocycles. The Morgan fingerprint density at radius 2 is 1.28 bits per heavy atom. The van der Waals surface area contributed by atoms with Gasteiger partial charge in [-0.3, -0.25) is 4.72 Å². The number of nitrogens with one attached hydrogen (secondary N) is 1. The molecule has 0 aliphatic rings. The van der Waals surface area contributed by atoms with Gasteiger partial charge in [0.05, 0.1) is 11.4 Å². The second-order valence-electron chi connectivity index (χ2n) is 6.83. The van der Waals surface area contributed by atoms with Gasteiger partial charge < -0.3 is 5.11 Å². The highest BCUT2D eigenvalue weighted by molar-refractivity contribution is 7.92. The molecule has 0 heterocycles. The molecule has 0 radical (unpaired) electrons. The number of sulfonamides is 1. The third kappa shape index (κ3) is 11.1. The number of phenolic OH excluding ortho intramolecular Hbond substituents is 1. The Labute approximate surface area is 154 Å². The monoisotopic (exact) mass is 369 g/mol. The number of phenols is 1. The van der Waals surface area contributed by atoms with E-state index in [-0.39, 0.29) is 17.2 Å². The van der Waals surface area contributed by atoms with Crippen LogP contribution in [0, 0.1) is 0 Å². The van der Waals surface area contributed by atoms with E-state index in [1.807, 2.05) is 0 Å². The first-order chi connectivity index (χ1) is 12.0. The first kappa shape index (κ1) is 21.8.